The van der Waals surface area contributed by atoms with Crippen molar-refractivity contribution in [3.05, 3.63) is 52.9 Å². The van der Waals surface area contributed by atoms with E-state index in [4.69, 9.17) is 9.72 Å². The van der Waals surface area contributed by atoms with Crippen LogP contribution in [0.3, 0.4) is 0 Å². The van der Waals surface area contributed by atoms with Gasteiger partial charge in [0.25, 0.3) is 0 Å². The van der Waals surface area contributed by atoms with Crippen molar-refractivity contribution in [1.82, 2.24) is 29.7 Å². The number of hydrogen-bond acceptors (Lipinski definition) is 11. The Hall–Kier alpha value is -3.31. The molecule has 2 saturated heterocycles. The van der Waals surface area contributed by atoms with Crippen molar-refractivity contribution < 1.29 is 9.30 Å². The minimum atomic E-state index is -2.75. The number of hydrogen-bond donors (Lipinski definition) is 1. The lowest BCUT2D eigenvalue weighted by Crippen LogP contribution is -2.52. The van der Waals surface area contributed by atoms with E-state index in [1.165, 1.54) is 37.2 Å². The van der Waals surface area contributed by atoms with E-state index in [2.05, 4.69) is 77.0 Å². The van der Waals surface area contributed by atoms with Crippen LogP contribution in [0.1, 0.15) is 25.3 Å². The first-order valence-electron chi connectivity index (χ1n) is 16.3. The molecule has 0 radical (unpaired) electrons. The maximum Gasteiger partial charge on any atom is 0.229 e. The number of aryl methyl sites for hydroxylation is 1. The lowest BCUT2D eigenvalue weighted by Gasteiger charge is -2.43. The molecule has 4 aromatic rings. The van der Waals surface area contributed by atoms with Gasteiger partial charge in [0.15, 0.2) is 5.82 Å². The zero-order valence-electron chi connectivity index (χ0n) is 28.2. The number of ether oxygens (including phenoxy) is 1. The molecule has 0 unspecified atom stereocenters. The first-order chi connectivity index (χ1) is 22.6. The number of likely N-dealkylation sites (N-methyl/N-ethyl adjacent to an activating group) is 1. The molecule has 0 saturated carbocycles. The van der Waals surface area contributed by atoms with Crippen LogP contribution in [0.5, 0.6) is 5.75 Å². The van der Waals surface area contributed by atoms with Crippen molar-refractivity contribution in [1.29, 1.82) is 0 Å². The van der Waals surface area contributed by atoms with Crippen LogP contribution < -0.4 is 25.2 Å². The monoisotopic (exact) mass is 721 g/mol. The average molecular weight is 723 g/mol. The van der Waals surface area contributed by atoms with Crippen LogP contribution in [0, 0.1) is 0 Å². The molecule has 11 nitrogen and oxygen atoms in total. The number of nitrogens with one attached hydrogen (secondary N) is 1. The topological polar surface area (TPSA) is 103 Å². The first kappa shape index (κ1) is 33.6. The van der Waals surface area contributed by atoms with Gasteiger partial charge in [-0.05, 0) is 79.3 Å². The third-order valence-electron chi connectivity index (χ3n) is 9.42. The highest BCUT2D eigenvalue weighted by Crippen LogP contribution is 2.43. The van der Waals surface area contributed by atoms with Gasteiger partial charge in [-0.15, -0.1) is 0 Å². The number of methoxy groups -OCH3 is 1. The van der Waals surface area contributed by atoms with Crippen LogP contribution in [0.15, 0.2) is 47.3 Å². The van der Waals surface area contributed by atoms with Crippen molar-refractivity contribution in [2.24, 2.45) is 0 Å². The highest BCUT2D eigenvalue weighted by Gasteiger charge is 2.29. The molecule has 6 rings (SSSR count). The zero-order valence-corrected chi connectivity index (χ0v) is 30.7. The summed E-state index contributed by atoms with van der Waals surface area (Å²) in [6.45, 7) is 12.4. The summed E-state index contributed by atoms with van der Waals surface area (Å²) in [6.07, 6.45) is 8.25. The quantitative estimate of drug-likeness (QED) is 0.215. The summed E-state index contributed by atoms with van der Waals surface area (Å²) in [4.78, 5) is 28.0. The maximum absolute atomic E-state index is 13.6. The van der Waals surface area contributed by atoms with Gasteiger partial charge < -0.3 is 29.3 Å². The fourth-order valence-corrected chi connectivity index (χ4v) is 8.73. The Labute approximate surface area is 286 Å². The predicted octanol–water partition coefficient (Wildman–Crippen LogP) is 5.73. The predicted molar refractivity (Wildman–Crippen MR) is 196 cm³/mol. The molecule has 2 fully saturated rings. The molecular formula is C34H45BrN9O2P. The third-order valence-corrected chi connectivity index (χ3v) is 11.5. The van der Waals surface area contributed by atoms with Gasteiger partial charge in [-0.3, -0.25) is 14.9 Å². The summed E-state index contributed by atoms with van der Waals surface area (Å²) in [5, 5.41) is 4.10. The van der Waals surface area contributed by atoms with Crippen LogP contribution in [0.2, 0.25) is 0 Å². The summed E-state index contributed by atoms with van der Waals surface area (Å²) in [5.41, 5.74) is 5.39. The maximum atomic E-state index is 13.6. The Bertz CT molecular complexity index is 1790. The molecule has 0 spiro atoms. The molecule has 2 aliphatic heterocycles. The van der Waals surface area contributed by atoms with Crippen molar-refractivity contribution in [2.75, 3.05) is 88.9 Å². The number of fused-ring (bicyclic) bond motifs is 1. The van der Waals surface area contributed by atoms with E-state index in [-0.39, 0.29) is 0 Å². The summed E-state index contributed by atoms with van der Waals surface area (Å²) >= 11 is 3.65. The first-order valence-corrected chi connectivity index (χ1v) is 19.7. The van der Waals surface area contributed by atoms with E-state index in [1.54, 1.807) is 39.0 Å². The van der Waals surface area contributed by atoms with Gasteiger partial charge in [0.1, 0.15) is 18.4 Å². The zero-order chi connectivity index (χ0) is 33.3. The highest BCUT2D eigenvalue weighted by molar-refractivity contribution is 9.10. The SMILES string of the molecule is CCc1cc(Nc2ncc(Br)c(N(C)c3ccc4nccnc4c3P(C)(C)=O)n2)c(OC)cc1N1CCC(N2CCN(C)CC2)CC1. The lowest BCUT2D eigenvalue weighted by atomic mass is 9.99. The van der Waals surface area contributed by atoms with Crippen LogP contribution >= 0.6 is 23.1 Å². The molecule has 2 aromatic carbocycles. The van der Waals surface area contributed by atoms with Gasteiger partial charge in [0.2, 0.25) is 5.95 Å². The van der Waals surface area contributed by atoms with Gasteiger partial charge in [-0.2, -0.15) is 4.98 Å². The van der Waals surface area contributed by atoms with Crippen molar-refractivity contribution in [2.45, 2.75) is 32.2 Å². The molecule has 2 aliphatic rings. The molecule has 0 amide bonds. The van der Waals surface area contributed by atoms with Crippen LogP contribution in [-0.2, 0) is 11.0 Å². The summed E-state index contributed by atoms with van der Waals surface area (Å²) in [6, 6.07) is 8.81. The molecule has 0 bridgehead atoms. The van der Waals surface area contributed by atoms with E-state index in [9.17, 15) is 4.57 Å². The molecule has 250 valence electrons. The number of rotatable bonds is 9. The molecule has 4 heterocycles. The van der Waals surface area contributed by atoms with Gasteiger partial charge in [0, 0.05) is 82.7 Å². The minimum Gasteiger partial charge on any atom is -0.494 e. The minimum absolute atomic E-state index is 0.425. The Balaban J connectivity index is 1.25. The van der Waals surface area contributed by atoms with Crippen LogP contribution in [0.4, 0.5) is 28.8 Å². The van der Waals surface area contributed by atoms with Gasteiger partial charge in [-0.1, -0.05) is 6.92 Å². The molecule has 0 aliphatic carbocycles. The molecule has 47 heavy (non-hydrogen) atoms. The Morgan fingerprint density at radius 1 is 1.04 bits per heavy atom. The van der Waals surface area contributed by atoms with Crippen molar-refractivity contribution >= 4 is 68.2 Å². The van der Waals surface area contributed by atoms with E-state index < -0.39 is 7.14 Å². The molecule has 13 heteroatoms. The molecule has 2 aromatic heterocycles. The fourth-order valence-electron chi connectivity index (χ4n) is 6.82. The van der Waals surface area contributed by atoms with E-state index in [0.29, 0.717) is 38.6 Å². The summed E-state index contributed by atoms with van der Waals surface area (Å²) < 4.78 is 20.2. The van der Waals surface area contributed by atoms with Crippen molar-refractivity contribution in [3.8, 4) is 5.75 Å². The van der Waals surface area contributed by atoms with E-state index >= 15 is 0 Å². The van der Waals surface area contributed by atoms with Gasteiger partial charge in [0.05, 0.1) is 33.8 Å². The van der Waals surface area contributed by atoms with Crippen LogP contribution in [-0.4, -0.2) is 110 Å². The van der Waals surface area contributed by atoms with Gasteiger partial charge in [-0.25, -0.2) is 4.98 Å². The van der Waals surface area contributed by atoms with E-state index in [0.717, 1.165) is 49.7 Å². The third kappa shape index (κ3) is 7.11. The highest BCUT2D eigenvalue weighted by atomic mass is 79.9. The number of benzene rings is 2. The number of halogens is 1. The lowest BCUT2D eigenvalue weighted by molar-refractivity contribution is 0.0982. The Kier molecular flexibility index (Phi) is 10.0. The fraction of sp³-hybridized carbons (Fsp3) is 0.471. The number of piperazine rings is 1. The van der Waals surface area contributed by atoms with Crippen LogP contribution in [0.25, 0.3) is 11.0 Å². The smallest absolute Gasteiger partial charge is 0.229 e. The standard InChI is InChI=1S/C34H45BrN9O2P/c1-7-23-20-27(30(46-4)21-29(23)44-14-10-24(11-15-44)43-18-16-41(2)17-19-43)39-34-38-22-25(35)33(40-34)42(3)28-9-8-26-31(37-13-12-36-26)32(28)47(5,6)45/h8-9,12-13,20-22,24H,7,10-11,14-19H2,1-6H3,(H,38,39,40). The number of nitrogens with zero attached hydrogens (tertiary/aromatic N) is 8. The average Bonchev–Trinajstić information content (AvgIpc) is 3.08. The Morgan fingerprint density at radius 3 is 2.45 bits per heavy atom. The molecule has 1 N–H and O–H groups in total. The second-order valence-electron chi connectivity index (χ2n) is 12.8. The molecule has 0 atom stereocenters. The second kappa shape index (κ2) is 14.0. The number of aromatic nitrogens is 4. The van der Waals surface area contributed by atoms with Gasteiger partial charge >= 0.3 is 0 Å². The van der Waals surface area contributed by atoms with Crippen molar-refractivity contribution in [3.63, 3.8) is 0 Å². The summed E-state index contributed by atoms with van der Waals surface area (Å²) in [7, 11) is 3.08. The van der Waals surface area contributed by atoms with E-state index in [1.807, 2.05) is 24.1 Å². The normalized spacial score (nSPS) is 16.9. The molecular weight excluding hydrogens is 677 g/mol. The summed E-state index contributed by atoms with van der Waals surface area (Å²) in [5.74, 6) is 1.79. The Morgan fingerprint density at radius 2 is 1.77 bits per heavy atom. The number of piperidine rings is 1. The number of anilines is 5. The second-order valence-corrected chi connectivity index (χ2v) is 16.9. The largest absolute Gasteiger partial charge is 0.494 e.